The molecular formula is C50H65F3N6O5Si. The minimum absolute atomic E-state index is 0.0269. The van der Waals surface area contributed by atoms with Crippen LogP contribution in [0.3, 0.4) is 0 Å². The van der Waals surface area contributed by atoms with Crippen molar-refractivity contribution in [3.05, 3.63) is 47.7 Å². The molecule has 65 heavy (non-hydrogen) atoms. The van der Waals surface area contributed by atoms with E-state index >= 15 is 8.78 Å². The fourth-order valence-corrected chi connectivity index (χ4v) is 16.8. The van der Waals surface area contributed by atoms with Gasteiger partial charge in [0, 0.05) is 56.9 Å². The van der Waals surface area contributed by atoms with E-state index in [1.54, 1.807) is 29.3 Å². The Morgan fingerprint density at radius 1 is 0.985 bits per heavy atom. The SMILES string of the molecule is COCOc1cc(-c2ncc3c(N4CCCC5CN(C(=O)OC(C)(C)C)CC54)nc(OC[C@@]45CCCN4C[C@H](F)C5)nc3c2F)c2c(C#C[Si](C(C)C)(C(C)C)C(C)C)c(F)ccc2c1. The smallest absolute Gasteiger partial charge is 0.410 e. The van der Waals surface area contributed by atoms with Gasteiger partial charge in [-0.05, 0) is 99.1 Å². The summed E-state index contributed by atoms with van der Waals surface area (Å²) in [7, 11) is -0.818. The molecule has 4 saturated heterocycles. The molecule has 350 valence electrons. The number of hydrogen-bond donors (Lipinski definition) is 0. The quantitative estimate of drug-likeness (QED) is 0.0821. The molecule has 4 atom stereocenters. The zero-order chi connectivity index (χ0) is 46.6. The van der Waals surface area contributed by atoms with Crippen molar-refractivity contribution in [3.63, 3.8) is 0 Å². The summed E-state index contributed by atoms with van der Waals surface area (Å²) in [6.45, 7) is 21.5. The number of likely N-dealkylation sites (tertiary alicyclic amines) is 1. The largest absolute Gasteiger partial charge is 0.468 e. The molecule has 0 saturated carbocycles. The number of carbonyl (C=O) groups is 1. The van der Waals surface area contributed by atoms with Crippen LogP contribution < -0.4 is 14.4 Å². The third kappa shape index (κ3) is 8.87. The van der Waals surface area contributed by atoms with E-state index in [1.165, 1.54) is 13.2 Å². The predicted octanol–water partition coefficient (Wildman–Crippen LogP) is 10.5. The van der Waals surface area contributed by atoms with Gasteiger partial charge in [-0.2, -0.15) is 9.97 Å². The van der Waals surface area contributed by atoms with Gasteiger partial charge >= 0.3 is 12.1 Å². The summed E-state index contributed by atoms with van der Waals surface area (Å²) in [4.78, 5) is 34.0. The second kappa shape index (κ2) is 18.2. The maximum absolute atomic E-state index is 18.0. The minimum atomic E-state index is -2.33. The minimum Gasteiger partial charge on any atom is -0.468 e. The van der Waals surface area contributed by atoms with Gasteiger partial charge in [-0.3, -0.25) is 9.88 Å². The molecule has 8 rings (SSSR count). The number of benzene rings is 2. The molecule has 4 aromatic rings. The topological polar surface area (TPSA) is 102 Å². The van der Waals surface area contributed by atoms with Crippen molar-refractivity contribution < 1.29 is 36.9 Å². The first-order valence-electron chi connectivity index (χ1n) is 23.4. The van der Waals surface area contributed by atoms with Crippen LogP contribution in [0.5, 0.6) is 11.8 Å². The molecule has 15 heteroatoms. The van der Waals surface area contributed by atoms with Crippen LogP contribution in [0.2, 0.25) is 16.6 Å². The summed E-state index contributed by atoms with van der Waals surface area (Å²) in [6, 6.07) is 6.29. The maximum Gasteiger partial charge on any atom is 0.410 e. The second-order valence-corrected chi connectivity index (χ2v) is 26.2. The van der Waals surface area contributed by atoms with Crippen molar-refractivity contribution in [2.75, 3.05) is 58.1 Å². The Morgan fingerprint density at radius 3 is 2.45 bits per heavy atom. The first kappa shape index (κ1) is 46.9. The zero-order valence-corrected chi connectivity index (χ0v) is 40.7. The van der Waals surface area contributed by atoms with Crippen molar-refractivity contribution in [3.8, 4) is 34.5 Å². The van der Waals surface area contributed by atoms with E-state index in [2.05, 4.69) is 62.8 Å². The van der Waals surface area contributed by atoms with Crippen LogP contribution in [0.4, 0.5) is 23.8 Å². The molecule has 11 nitrogen and oxygen atoms in total. The van der Waals surface area contributed by atoms with Crippen LogP contribution in [-0.2, 0) is 9.47 Å². The fourth-order valence-electron chi connectivity index (χ4n) is 11.6. The van der Waals surface area contributed by atoms with Crippen LogP contribution in [0, 0.1) is 29.0 Å². The summed E-state index contributed by atoms with van der Waals surface area (Å²) in [6.07, 6.45) is 4.01. The zero-order valence-electron chi connectivity index (χ0n) is 39.7. The van der Waals surface area contributed by atoms with Gasteiger partial charge < -0.3 is 28.7 Å². The Bertz CT molecular complexity index is 2490. The molecule has 0 radical (unpaired) electrons. The highest BCUT2D eigenvalue weighted by Crippen LogP contribution is 2.45. The first-order valence-corrected chi connectivity index (χ1v) is 25.6. The third-order valence-corrected chi connectivity index (χ3v) is 20.8. The number of anilines is 1. The number of carbonyl (C=O) groups excluding carboxylic acids is 1. The van der Waals surface area contributed by atoms with Gasteiger partial charge in [0.05, 0.1) is 22.5 Å². The van der Waals surface area contributed by atoms with Crippen LogP contribution in [0.25, 0.3) is 32.9 Å². The van der Waals surface area contributed by atoms with Crippen molar-refractivity contribution in [2.45, 2.75) is 134 Å². The summed E-state index contributed by atoms with van der Waals surface area (Å²) in [5.41, 5.74) is 3.78. The Labute approximate surface area is 382 Å². The lowest BCUT2D eigenvalue weighted by Crippen LogP contribution is -2.46. The number of methoxy groups -OCH3 is 1. The van der Waals surface area contributed by atoms with Crippen molar-refractivity contribution >= 4 is 41.7 Å². The lowest BCUT2D eigenvalue weighted by atomic mass is 9.92. The molecule has 0 bridgehead atoms. The van der Waals surface area contributed by atoms with Gasteiger partial charge in [-0.1, -0.05) is 53.5 Å². The molecule has 4 aliphatic rings. The van der Waals surface area contributed by atoms with E-state index in [4.69, 9.17) is 33.9 Å². The Balaban J connectivity index is 1.30. The number of piperidine rings is 1. The molecular weight excluding hydrogens is 850 g/mol. The van der Waals surface area contributed by atoms with Crippen LogP contribution >= 0.6 is 0 Å². The Kier molecular flexibility index (Phi) is 13.1. The number of halogens is 3. The van der Waals surface area contributed by atoms with Gasteiger partial charge in [-0.25, -0.2) is 18.0 Å². The van der Waals surface area contributed by atoms with E-state index in [0.29, 0.717) is 76.9 Å². The van der Waals surface area contributed by atoms with Gasteiger partial charge in [-0.15, -0.1) is 5.54 Å². The fraction of sp³-hybridized carbons (Fsp3) is 0.600. The molecule has 6 heterocycles. The van der Waals surface area contributed by atoms with Crippen molar-refractivity contribution in [1.29, 1.82) is 0 Å². The molecule has 0 spiro atoms. The van der Waals surface area contributed by atoms with E-state index in [9.17, 15) is 9.18 Å². The number of nitrogens with zero attached hydrogens (tertiary/aromatic N) is 6. The number of amides is 1. The van der Waals surface area contributed by atoms with Gasteiger partial charge in [0.2, 0.25) is 0 Å². The molecule has 2 aromatic heterocycles. The number of hydrogen-bond acceptors (Lipinski definition) is 10. The van der Waals surface area contributed by atoms with Crippen LogP contribution in [0.15, 0.2) is 30.5 Å². The lowest BCUT2D eigenvalue weighted by molar-refractivity contribution is 0.0286. The van der Waals surface area contributed by atoms with E-state index in [-0.39, 0.29) is 59.8 Å². The summed E-state index contributed by atoms with van der Waals surface area (Å²) in [5.74, 6) is 3.01. The highest BCUT2D eigenvalue weighted by atomic mass is 28.3. The van der Waals surface area contributed by atoms with Gasteiger partial charge in [0.1, 0.15) is 55.0 Å². The lowest BCUT2D eigenvalue weighted by Gasteiger charge is -2.38. The number of rotatable bonds is 11. The monoisotopic (exact) mass is 914 g/mol. The Morgan fingerprint density at radius 2 is 1.74 bits per heavy atom. The van der Waals surface area contributed by atoms with Crippen molar-refractivity contribution in [2.24, 2.45) is 5.92 Å². The molecule has 0 N–H and O–H groups in total. The molecule has 2 aromatic carbocycles. The number of alkyl halides is 1. The van der Waals surface area contributed by atoms with Gasteiger partial charge in [0.15, 0.2) is 12.6 Å². The summed E-state index contributed by atoms with van der Waals surface area (Å²) < 4.78 is 72.7. The average molecular weight is 915 g/mol. The van der Waals surface area contributed by atoms with Crippen LogP contribution in [-0.4, -0.2) is 116 Å². The molecule has 0 aliphatic carbocycles. The summed E-state index contributed by atoms with van der Waals surface area (Å²) in [5, 5.41) is 1.37. The van der Waals surface area contributed by atoms with Crippen molar-refractivity contribution in [1.82, 2.24) is 24.8 Å². The number of aromatic nitrogens is 3. The predicted molar refractivity (Wildman–Crippen MR) is 251 cm³/mol. The standard InChI is InChI=1S/C50H65F3N6O5Si/c1-30(2)65(31(3)4,32(5)6)20-16-37-40(52)15-14-33-21-36(63-29-61-10)22-38(42(33)37)44-43(53)45-39(24-54-44)46(56-47(55-45)62-28-50-17-12-18-58(50)26-35(51)23-50)59-19-11-13-34-25-57(27-41(34)59)48(60)64-49(7,8)9/h14-15,21-22,24,30-32,34-35,41H,11-13,17-19,23,25-29H2,1-10H3/t34?,35-,41?,50+/m1/s1. The highest BCUT2D eigenvalue weighted by Gasteiger charge is 2.50. The van der Waals surface area contributed by atoms with E-state index in [1.807, 2.05) is 20.8 Å². The molecule has 4 aliphatic heterocycles. The number of ether oxygens (including phenoxy) is 4. The summed E-state index contributed by atoms with van der Waals surface area (Å²) >= 11 is 0. The number of fused-ring (bicyclic) bond motifs is 4. The van der Waals surface area contributed by atoms with E-state index in [0.717, 1.165) is 32.2 Å². The third-order valence-electron chi connectivity index (χ3n) is 14.5. The average Bonchev–Trinajstić information content (AvgIpc) is 3.94. The van der Waals surface area contributed by atoms with Gasteiger partial charge in [0.25, 0.3) is 0 Å². The second-order valence-electron chi connectivity index (χ2n) is 20.6. The normalized spacial score (nSPS) is 22.6. The Hall–Kier alpha value is -4.65. The van der Waals surface area contributed by atoms with Crippen LogP contribution in [0.1, 0.15) is 100.0 Å². The maximum atomic E-state index is 18.0. The first-order chi connectivity index (χ1) is 30.9. The molecule has 2 unspecified atom stereocenters. The molecule has 1 amide bonds. The van der Waals surface area contributed by atoms with E-state index < -0.39 is 37.0 Å². The number of pyridine rings is 1. The highest BCUT2D eigenvalue weighted by molar-refractivity contribution is 6.90. The molecule has 4 fully saturated rings.